The molecule has 1 unspecified atom stereocenters. The summed E-state index contributed by atoms with van der Waals surface area (Å²) in [5.74, 6) is 3.74. The molecule has 3 rings (SSSR count). The number of likely N-dealkylation sites (N-methyl/N-ethyl adjacent to an activating group) is 1. The van der Waals surface area contributed by atoms with Gasteiger partial charge in [-0.3, -0.25) is 4.90 Å². The maximum Gasteiger partial charge on any atom is 0.192 e. The Bertz CT molecular complexity index is 838. The third kappa shape index (κ3) is 6.06. The molecule has 3 heterocycles. The minimum absolute atomic E-state index is 0.449. The molecular formula is C22H38N8O. The molecule has 0 saturated carbocycles. The summed E-state index contributed by atoms with van der Waals surface area (Å²) in [7, 11) is 1.96. The van der Waals surface area contributed by atoms with Crippen molar-refractivity contribution >= 4 is 5.96 Å². The molecule has 1 atom stereocenters. The van der Waals surface area contributed by atoms with Crippen LogP contribution in [0.4, 0.5) is 0 Å². The van der Waals surface area contributed by atoms with Crippen LogP contribution >= 0.6 is 0 Å². The molecule has 31 heavy (non-hydrogen) atoms. The van der Waals surface area contributed by atoms with E-state index in [1.807, 2.05) is 18.5 Å². The van der Waals surface area contributed by atoms with Gasteiger partial charge < -0.3 is 19.7 Å². The minimum atomic E-state index is 0.449. The van der Waals surface area contributed by atoms with Crippen molar-refractivity contribution in [3.63, 3.8) is 0 Å². The zero-order chi connectivity index (χ0) is 22.2. The predicted octanol–water partition coefficient (Wildman–Crippen LogP) is 2.73. The zero-order valence-corrected chi connectivity index (χ0v) is 19.7. The highest BCUT2D eigenvalue weighted by atomic mass is 16.5. The van der Waals surface area contributed by atoms with Crippen LogP contribution in [0, 0.1) is 6.92 Å². The molecule has 9 nitrogen and oxygen atoms in total. The molecule has 9 heteroatoms. The van der Waals surface area contributed by atoms with E-state index < -0.39 is 0 Å². The van der Waals surface area contributed by atoms with Gasteiger partial charge in [0.25, 0.3) is 0 Å². The lowest BCUT2D eigenvalue weighted by atomic mass is 9.99. The molecule has 0 aliphatic carbocycles. The van der Waals surface area contributed by atoms with Crippen molar-refractivity contribution in [2.24, 2.45) is 12.0 Å². The van der Waals surface area contributed by atoms with Crippen LogP contribution in [0.2, 0.25) is 0 Å². The summed E-state index contributed by atoms with van der Waals surface area (Å²) < 4.78 is 7.53. The number of hydrogen-bond donors (Lipinski definition) is 2. The van der Waals surface area contributed by atoms with Crippen molar-refractivity contribution in [3.8, 4) is 0 Å². The molecule has 2 aromatic heterocycles. The molecule has 0 spiro atoms. The van der Waals surface area contributed by atoms with Crippen molar-refractivity contribution in [1.82, 2.24) is 35.5 Å². The van der Waals surface area contributed by atoms with Crippen LogP contribution in [0.3, 0.4) is 0 Å². The Hall–Kier alpha value is -2.42. The molecule has 0 amide bonds. The van der Waals surface area contributed by atoms with E-state index in [4.69, 9.17) is 9.52 Å². The Morgan fingerprint density at radius 3 is 2.74 bits per heavy atom. The van der Waals surface area contributed by atoms with Gasteiger partial charge in [-0.1, -0.05) is 25.9 Å². The number of nitrogens with zero attached hydrogens (tertiary/aromatic N) is 6. The van der Waals surface area contributed by atoms with Gasteiger partial charge in [0.2, 0.25) is 0 Å². The highest BCUT2D eigenvalue weighted by Crippen LogP contribution is 2.22. The molecule has 0 radical (unpaired) electrons. The molecule has 0 aromatic carbocycles. The van der Waals surface area contributed by atoms with Gasteiger partial charge in [-0.15, -0.1) is 10.2 Å². The van der Waals surface area contributed by atoms with E-state index in [-0.39, 0.29) is 0 Å². The van der Waals surface area contributed by atoms with Gasteiger partial charge in [-0.2, -0.15) is 0 Å². The van der Waals surface area contributed by atoms with Gasteiger partial charge in [0.05, 0.1) is 12.2 Å². The number of aromatic nitrogens is 4. The zero-order valence-electron chi connectivity index (χ0n) is 19.7. The SMILES string of the molecule is CCC(CC)c1cc(CNC(=NCc2nnc(C)n2C)NCC2CCCN2CC)on1. The number of aliphatic imine (C=N–C) groups is 1. The molecule has 2 aromatic rings. The van der Waals surface area contributed by atoms with Crippen LogP contribution in [-0.2, 0) is 20.1 Å². The predicted molar refractivity (Wildman–Crippen MR) is 122 cm³/mol. The van der Waals surface area contributed by atoms with Gasteiger partial charge in [-0.25, -0.2) is 4.99 Å². The standard InChI is InChI=1S/C22H38N8O/c1-6-17(7-2)20-12-19(31-28-20)14-24-22(23-13-18-10-9-11-30(18)8-3)25-15-21-27-26-16(4)29(21)5/h12,17-18H,6-11,13-15H2,1-5H3,(H2,23,24,25). The second-order valence-electron chi connectivity index (χ2n) is 8.28. The van der Waals surface area contributed by atoms with Crippen LogP contribution < -0.4 is 10.6 Å². The van der Waals surface area contributed by atoms with E-state index in [1.165, 1.54) is 19.4 Å². The van der Waals surface area contributed by atoms with Gasteiger partial charge in [0, 0.05) is 31.6 Å². The van der Waals surface area contributed by atoms with Gasteiger partial charge >= 0.3 is 0 Å². The average Bonchev–Trinajstić information content (AvgIpc) is 3.51. The quantitative estimate of drug-likeness (QED) is 0.442. The molecule has 1 aliphatic heterocycles. The van der Waals surface area contributed by atoms with E-state index in [9.17, 15) is 0 Å². The first-order valence-corrected chi connectivity index (χ1v) is 11.6. The first-order valence-electron chi connectivity index (χ1n) is 11.6. The minimum Gasteiger partial charge on any atom is -0.359 e. The third-order valence-corrected chi connectivity index (χ3v) is 6.38. The van der Waals surface area contributed by atoms with Crippen molar-refractivity contribution in [2.75, 3.05) is 19.6 Å². The summed E-state index contributed by atoms with van der Waals surface area (Å²) >= 11 is 0. The number of likely N-dealkylation sites (tertiary alicyclic amines) is 1. The van der Waals surface area contributed by atoms with Gasteiger partial charge in [0.15, 0.2) is 17.5 Å². The molecule has 1 saturated heterocycles. The molecule has 1 fully saturated rings. The van der Waals surface area contributed by atoms with E-state index in [1.54, 1.807) is 0 Å². The lowest BCUT2D eigenvalue weighted by Gasteiger charge is -2.24. The summed E-state index contributed by atoms with van der Waals surface area (Å²) in [6.07, 6.45) is 4.61. The second kappa shape index (κ2) is 11.3. The maximum atomic E-state index is 5.57. The highest BCUT2D eigenvalue weighted by molar-refractivity contribution is 5.79. The van der Waals surface area contributed by atoms with Crippen molar-refractivity contribution < 1.29 is 4.52 Å². The monoisotopic (exact) mass is 430 g/mol. The number of rotatable bonds is 10. The maximum absolute atomic E-state index is 5.57. The van der Waals surface area contributed by atoms with E-state index in [0.717, 1.165) is 55.0 Å². The number of aryl methyl sites for hydroxylation is 1. The van der Waals surface area contributed by atoms with Crippen molar-refractivity contribution in [1.29, 1.82) is 0 Å². The van der Waals surface area contributed by atoms with Crippen LogP contribution in [0.25, 0.3) is 0 Å². The summed E-state index contributed by atoms with van der Waals surface area (Å²) in [5, 5.41) is 19.5. The summed E-state index contributed by atoms with van der Waals surface area (Å²) in [5.41, 5.74) is 1.03. The summed E-state index contributed by atoms with van der Waals surface area (Å²) in [4.78, 5) is 7.28. The fourth-order valence-electron chi connectivity index (χ4n) is 4.15. The smallest absolute Gasteiger partial charge is 0.192 e. The van der Waals surface area contributed by atoms with Crippen molar-refractivity contribution in [2.45, 2.75) is 78.4 Å². The molecule has 2 N–H and O–H groups in total. The van der Waals surface area contributed by atoms with Crippen LogP contribution in [0.5, 0.6) is 0 Å². The highest BCUT2D eigenvalue weighted by Gasteiger charge is 2.23. The molecule has 0 bridgehead atoms. The number of hydrogen-bond acceptors (Lipinski definition) is 6. The largest absolute Gasteiger partial charge is 0.359 e. The first-order chi connectivity index (χ1) is 15.0. The number of nitrogens with one attached hydrogen (secondary N) is 2. The second-order valence-corrected chi connectivity index (χ2v) is 8.28. The topological polar surface area (TPSA) is 96.4 Å². The summed E-state index contributed by atoms with van der Waals surface area (Å²) in [6, 6.07) is 2.60. The fourth-order valence-corrected chi connectivity index (χ4v) is 4.15. The molecule has 1 aliphatic rings. The lowest BCUT2D eigenvalue weighted by molar-refractivity contribution is 0.267. The Balaban J connectivity index is 1.64. The first kappa shape index (κ1) is 23.2. The normalized spacial score (nSPS) is 17.6. The Labute approximate surface area is 185 Å². The fraction of sp³-hybridized carbons (Fsp3) is 0.727. The van der Waals surface area contributed by atoms with Crippen LogP contribution in [-0.4, -0.2) is 56.5 Å². The summed E-state index contributed by atoms with van der Waals surface area (Å²) in [6.45, 7) is 12.7. The average molecular weight is 431 g/mol. The van der Waals surface area contributed by atoms with E-state index in [0.29, 0.717) is 25.0 Å². The van der Waals surface area contributed by atoms with Crippen molar-refractivity contribution in [3.05, 3.63) is 29.2 Å². The lowest BCUT2D eigenvalue weighted by Crippen LogP contribution is -2.44. The van der Waals surface area contributed by atoms with Crippen LogP contribution in [0.15, 0.2) is 15.6 Å². The van der Waals surface area contributed by atoms with E-state index >= 15 is 0 Å². The van der Waals surface area contributed by atoms with Gasteiger partial charge in [0.1, 0.15) is 12.4 Å². The van der Waals surface area contributed by atoms with Gasteiger partial charge in [-0.05, 0) is 45.7 Å². The third-order valence-electron chi connectivity index (χ3n) is 6.38. The Morgan fingerprint density at radius 2 is 2.06 bits per heavy atom. The Morgan fingerprint density at radius 1 is 1.26 bits per heavy atom. The molecular weight excluding hydrogens is 392 g/mol. The number of guanidine groups is 1. The Kier molecular flexibility index (Phi) is 8.45. The van der Waals surface area contributed by atoms with E-state index in [2.05, 4.69) is 57.7 Å². The van der Waals surface area contributed by atoms with Crippen LogP contribution in [0.1, 0.15) is 75.5 Å². The molecule has 172 valence electrons.